The van der Waals surface area contributed by atoms with E-state index in [9.17, 15) is 4.39 Å². The van der Waals surface area contributed by atoms with Gasteiger partial charge in [0.15, 0.2) is 11.6 Å². The first-order valence-corrected chi connectivity index (χ1v) is 6.91. The van der Waals surface area contributed by atoms with Crippen molar-refractivity contribution in [3.63, 3.8) is 0 Å². The van der Waals surface area contributed by atoms with Crippen molar-refractivity contribution in [3.8, 4) is 5.75 Å². The first-order chi connectivity index (χ1) is 9.16. The summed E-state index contributed by atoms with van der Waals surface area (Å²) in [4.78, 5) is 0. The Bertz CT molecular complexity index is 405. The lowest BCUT2D eigenvalue weighted by atomic mass is 10.1. The summed E-state index contributed by atoms with van der Waals surface area (Å²) in [5.74, 6) is 0.0179. The molecule has 0 saturated carbocycles. The molecule has 3 nitrogen and oxygen atoms in total. The van der Waals surface area contributed by atoms with Crippen LogP contribution in [0, 0.1) is 12.7 Å². The number of nitrogens with one attached hydrogen (secondary N) is 1. The maximum absolute atomic E-state index is 13.4. The molecule has 0 bridgehead atoms. The summed E-state index contributed by atoms with van der Waals surface area (Å²) in [5, 5.41) is 3.36. The number of ether oxygens (including phenoxy) is 2. The number of benzene rings is 1. The molecule has 2 atom stereocenters. The lowest BCUT2D eigenvalue weighted by molar-refractivity contribution is 0.0824. The van der Waals surface area contributed by atoms with Crippen molar-refractivity contribution >= 4 is 0 Å². The maximum atomic E-state index is 13.4. The second kappa shape index (κ2) is 6.87. The van der Waals surface area contributed by atoms with Gasteiger partial charge in [0.2, 0.25) is 0 Å². The smallest absolute Gasteiger partial charge is 0.165 e. The highest BCUT2D eigenvalue weighted by Crippen LogP contribution is 2.18. The van der Waals surface area contributed by atoms with Crippen molar-refractivity contribution in [2.24, 2.45) is 0 Å². The van der Waals surface area contributed by atoms with Gasteiger partial charge < -0.3 is 14.8 Å². The van der Waals surface area contributed by atoms with Crippen molar-refractivity contribution in [2.45, 2.75) is 38.8 Å². The zero-order valence-corrected chi connectivity index (χ0v) is 11.6. The third-order valence-electron chi connectivity index (χ3n) is 3.44. The highest BCUT2D eigenvalue weighted by molar-refractivity contribution is 5.29. The van der Waals surface area contributed by atoms with Crippen molar-refractivity contribution in [1.29, 1.82) is 0 Å². The molecule has 1 fully saturated rings. The van der Waals surface area contributed by atoms with Gasteiger partial charge in [-0.2, -0.15) is 0 Å². The van der Waals surface area contributed by atoms with Gasteiger partial charge in [-0.3, -0.25) is 0 Å². The maximum Gasteiger partial charge on any atom is 0.165 e. The highest BCUT2D eigenvalue weighted by atomic mass is 19.1. The highest BCUT2D eigenvalue weighted by Gasteiger charge is 2.21. The largest absolute Gasteiger partial charge is 0.489 e. The topological polar surface area (TPSA) is 30.5 Å². The van der Waals surface area contributed by atoms with E-state index in [0.717, 1.165) is 25.0 Å². The van der Waals surface area contributed by atoms with Gasteiger partial charge in [-0.25, -0.2) is 4.39 Å². The molecular formula is C15H22FNO2. The molecule has 19 heavy (non-hydrogen) atoms. The summed E-state index contributed by atoms with van der Waals surface area (Å²) >= 11 is 0. The van der Waals surface area contributed by atoms with E-state index in [1.165, 1.54) is 6.07 Å². The third kappa shape index (κ3) is 4.18. The molecular weight excluding hydrogens is 245 g/mol. The fourth-order valence-electron chi connectivity index (χ4n) is 2.30. The second-order valence-corrected chi connectivity index (χ2v) is 5.08. The van der Waals surface area contributed by atoms with Gasteiger partial charge in [0.1, 0.15) is 6.61 Å². The van der Waals surface area contributed by atoms with E-state index >= 15 is 0 Å². The molecule has 2 rings (SSSR count). The molecule has 106 valence electrons. The van der Waals surface area contributed by atoms with Crippen molar-refractivity contribution in [2.75, 3.05) is 19.8 Å². The van der Waals surface area contributed by atoms with Crippen LogP contribution >= 0.6 is 0 Å². The first-order valence-electron chi connectivity index (χ1n) is 6.91. The molecule has 0 radical (unpaired) electrons. The minimum atomic E-state index is -0.308. The number of halogens is 1. The molecule has 1 aliphatic rings. The minimum Gasteiger partial charge on any atom is -0.489 e. The van der Waals surface area contributed by atoms with Crippen molar-refractivity contribution < 1.29 is 13.9 Å². The quantitative estimate of drug-likeness (QED) is 0.804. The van der Waals surface area contributed by atoms with E-state index in [2.05, 4.69) is 12.2 Å². The molecule has 1 saturated heterocycles. The Balaban J connectivity index is 1.70. The zero-order valence-electron chi connectivity index (χ0n) is 11.6. The molecule has 1 heterocycles. The van der Waals surface area contributed by atoms with Gasteiger partial charge >= 0.3 is 0 Å². The van der Waals surface area contributed by atoms with Gasteiger partial charge in [-0.15, -0.1) is 0 Å². The predicted octanol–water partition coefficient (Wildman–Crippen LogP) is 2.67. The van der Waals surface area contributed by atoms with Gasteiger partial charge in [0.25, 0.3) is 0 Å². The third-order valence-corrected chi connectivity index (χ3v) is 3.44. The van der Waals surface area contributed by atoms with Crippen LogP contribution in [0.3, 0.4) is 0 Å². The van der Waals surface area contributed by atoms with Crippen LogP contribution < -0.4 is 10.1 Å². The van der Waals surface area contributed by atoms with Gasteiger partial charge in [-0.05, 0) is 44.4 Å². The fourth-order valence-corrected chi connectivity index (χ4v) is 2.30. The second-order valence-electron chi connectivity index (χ2n) is 5.08. The molecule has 0 spiro atoms. The molecule has 0 aliphatic carbocycles. The van der Waals surface area contributed by atoms with Crippen LogP contribution in [-0.2, 0) is 4.74 Å². The van der Waals surface area contributed by atoms with Gasteiger partial charge in [0, 0.05) is 19.2 Å². The normalized spacial score (nSPS) is 20.5. The monoisotopic (exact) mass is 267 g/mol. The summed E-state index contributed by atoms with van der Waals surface area (Å²) in [6, 6.07) is 5.21. The predicted molar refractivity (Wildman–Crippen MR) is 73.1 cm³/mol. The van der Waals surface area contributed by atoms with Crippen LogP contribution in [0.25, 0.3) is 0 Å². The van der Waals surface area contributed by atoms with Crippen LogP contribution in [0.15, 0.2) is 18.2 Å². The van der Waals surface area contributed by atoms with E-state index in [0.29, 0.717) is 31.0 Å². The summed E-state index contributed by atoms with van der Waals surface area (Å²) in [6.45, 7) is 6.04. The molecule has 2 unspecified atom stereocenters. The van der Waals surface area contributed by atoms with E-state index in [1.54, 1.807) is 12.1 Å². The molecule has 0 aromatic heterocycles. The van der Waals surface area contributed by atoms with Crippen LogP contribution in [0.5, 0.6) is 5.75 Å². The average molecular weight is 267 g/mol. The van der Waals surface area contributed by atoms with Gasteiger partial charge in [0.05, 0.1) is 6.10 Å². The lowest BCUT2D eigenvalue weighted by Crippen LogP contribution is -2.39. The van der Waals surface area contributed by atoms with E-state index in [-0.39, 0.29) is 5.82 Å². The van der Waals surface area contributed by atoms with E-state index in [1.807, 2.05) is 6.92 Å². The Morgan fingerprint density at radius 2 is 2.37 bits per heavy atom. The van der Waals surface area contributed by atoms with Crippen LogP contribution in [0.4, 0.5) is 4.39 Å². The first kappa shape index (κ1) is 14.3. The molecule has 0 amide bonds. The Morgan fingerprint density at radius 3 is 3.11 bits per heavy atom. The van der Waals surface area contributed by atoms with Crippen molar-refractivity contribution in [3.05, 3.63) is 29.6 Å². The SMILES string of the molecule is Cc1ccc(F)c(OCCNC(C)C2CCCO2)c1. The van der Waals surface area contributed by atoms with E-state index < -0.39 is 0 Å². The number of hydrogen-bond donors (Lipinski definition) is 1. The minimum absolute atomic E-state index is 0.302. The summed E-state index contributed by atoms with van der Waals surface area (Å²) in [5.41, 5.74) is 0.997. The Labute approximate surface area is 114 Å². The number of rotatable bonds is 6. The summed E-state index contributed by atoms with van der Waals surface area (Å²) in [7, 11) is 0. The van der Waals surface area contributed by atoms with Crippen LogP contribution in [0.1, 0.15) is 25.3 Å². The molecule has 4 heteroatoms. The Morgan fingerprint density at radius 1 is 1.53 bits per heavy atom. The molecule has 1 N–H and O–H groups in total. The lowest BCUT2D eigenvalue weighted by Gasteiger charge is -2.20. The molecule has 1 aromatic carbocycles. The van der Waals surface area contributed by atoms with Crippen molar-refractivity contribution in [1.82, 2.24) is 5.32 Å². The Hall–Kier alpha value is -1.13. The average Bonchev–Trinajstić information content (AvgIpc) is 2.92. The molecule has 1 aliphatic heterocycles. The standard InChI is InChI=1S/C15H22FNO2/c1-11-5-6-13(16)15(10-11)19-9-7-17-12(2)14-4-3-8-18-14/h5-6,10,12,14,17H,3-4,7-9H2,1-2H3. The van der Waals surface area contributed by atoms with Crippen LogP contribution in [0.2, 0.25) is 0 Å². The summed E-state index contributed by atoms with van der Waals surface area (Å²) in [6.07, 6.45) is 2.55. The number of hydrogen-bond acceptors (Lipinski definition) is 3. The summed E-state index contributed by atoms with van der Waals surface area (Å²) < 4.78 is 24.5. The number of aryl methyl sites for hydroxylation is 1. The fraction of sp³-hybridized carbons (Fsp3) is 0.600. The molecule has 1 aromatic rings. The zero-order chi connectivity index (χ0) is 13.7. The van der Waals surface area contributed by atoms with Gasteiger partial charge in [-0.1, -0.05) is 6.07 Å². The Kier molecular flexibility index (Phi) is 5.16. The van der Waals surface area contributed by atoms with E-state index in [4.69, 9.17) is 9.47 Å². The van der Waals surface area contributed by atoms with Crippen LogP contribution in [-0.4, -0.2) is 31.9 Å².